The van der Waals surface area contributed by atoms with Crippen molar-refractivity contribution in [3.63, 3.8) is 0 Å². The number of nitrogens with zero attached hydrogens (tertiary/aromatic N) is 1. The van der Waals surface area contributed by atoms with Crippen LogP contribution in [0.2, 0.25) is 0 Å². The molecule has 0 aromatic heterocycles. The Hall–Kier alpha value is -1.09. The van der Waals surface area contributed by atoms with Crippen molar-refractivity contribution in [2.24, 2.45) is 11.1 Å². The molecule has 114 valence electrons. The third kappa shape index (κ3) is 3.08. The molecular weight excluding hydrogens is 276 g/mol. The highest BCUT2D eigenvalue weighted by atomic mass is 32.1. The van der Waals surface area contributed by atoms with Crippen molar-refractivity contribution in [3.8, 4) is 0 Å². The minimum atomic E-state index is 0.520. The first-order valence-corrected chi connectivity index (χ1v) is 8.66. The molecule has 1 aromatic carbocycles. The van der Waals surface area contributed by atoms with E-state index in [1.165, 1.54) is 56.2 Å². The first-order valence-electron chi connectivity index (χ1n) is 8.25. The molecule has 2 fully saturated rings. The van der Waals surface area contributed by atoms with E-state index in [1.807, 2.05) is 0 Å². The summed E-state index contributed by atoms with van der Waals surface area (Å²) in [5.41, 5.74) is 10.1. The number of benzene rings is 1. The van der Waals surface area contributed by atoms with Crippen molar-refractivity contribution in [1.82, 2.24) is 0 Å². The number of hydrogen-bond acceptors (Lipinski definition) is 2. The summed E-state index contributed by atoms with van der Waals surface area (Å²) in [7, 11) is 0. The minimum Gasteiger partial charge on any atom is -0.389 e. The van der Waals surface area contributed by atoms with E-state index in [1.54, 1.807) is 0 Å². The topological polar surface area (TPSA) is 29.3 Å². The number of thiocarbonyl (C=S) groups is 1. The summed E-state index contributed by atoms with van der Waals surface area (Å²) < 4.78 is 0. The summed E-state index contributed by atoms with van der Waals surface area (Å²) in [6, 6.07) is 6.49. The normalized spacial score (nSPS) is 21.5. The zero-order chi connectivity index (χ0) is 14.9. The van der Waals surface area contributed by atoms with Gasteiger partial charge in [0.05, 0.1) is 0 Å². The van der Waals surface area contributed by atoms with E-state index in [4.69, 9.17) is 18.0 Å². The summed E-state index contributed by atoms with van der Waals surface area (Å²) in [6.07, 6.45) is 9.85. The minimum absolute atomic E-state index is 0.520. The zero-order valence-corrected chi connectivity index (χ0v) is 13.8. The molecule has 1 saturated carbocycles. The maximum Gasteiger partial charge on any atom is 0.106 e. The fourth-order valence-corrected chi connectivity index (χ4v) is 4.31. The van der Waals surface area contributed by atoms with Crippen molar-refractivity contribution in [3.05, 3.63) is 29.3 Å². The van der Waals surface area contributed by atoms with Crippen molar-refractivity contribution in [1.29, 1.82) is 0 Å². The van der Waals surface area contributed by atoms with Crippen molar-refractivity contribution < 1.29 is 0 Å². The highest BCUT2D eigenvalue weighted by Crippen LogP contribution is 2.45. The number of aryl methyl sites for hydroxylation is 1. The SMILES string of the molecule is Cc1ccc(N2CCC3(CCCCC3)CC2)c(C(N)=S)c1. The molecule has 2 N–H and O–H groups in total. The lowest BCUT2D eigenvalue weighted by atomic mass is 9.68. The number of anilines is 1. The van der Waals surface area contributed by atoms with E-state index in [-0.39, 0.29) is 0 Å². The molecule has 2 nitrogen and oxygen atoms in total. The first kappa shape index (κ1) is 14.8. The molecule has 0 unspecified atom stereocenters. The molecule has 0 amide bonds. The Morgan fingerprint density at radius 3 is 2.38 bits per heavy atom. The van der Waals surface area contributed by atoms with Crippen LogP contribution in [0.15, 0.2) is 18.2 Å². The third-order valence-electron chi connectivity index (χ3n) is 5.50. The van der Waals surface area contributed by atoms with Gasteiger partial charge in [0.2, 0.25) is 0 Å². The smallest absolute Gasteiger partial charge is 0.106 e. The highest BCUT2D eigenvalue weighted by molar-refractivity contribution is 7.80. The zero-order valence-electron chi connectivity index (χ0n) is 13.0. The molecule has 2 aliphatic rings. The van der Waals surface area contributed by atoms with E-state index in [0.717, 1.165) is 18.7 Å². The number of nitrogens with two attached hydrogens (primary N) is 1. The molecule has 1 spiro atoms. The molecule has 1 saturated heterocycles. The van der Waals surface area contributed by atoms with Crippen LogP contribution in [-0.2, 0) is 0 Å². The molecule has 1 aliphatic heterocycles. The van der Waals surface area contributed by atoms with E-state index in [9.17, 15) is 0 Å². The second kappa shape index (κ2) is 5.96. The lowest BCUT2D eigenvalue weighted by molar-refractivity contribution is 0.144. The standard InChI is InChI=1S/C18H26N2S/c1-14-5-6-16(15(13-14)17(19)21)20-11-9-18(10-12-20)7-3-2-4-8-18/h5-6,13H,2-4,7-12H2,1H3,(H2,19,21). The van der Waals surface area contributed by atoms with Gasteiger partial charge < -0.3 is 10.6 Å². The van der Waals surface area contributed by atoms with Crippen LogP contribution in [0.25, 0.3) is 0 Å². The Kier molecular flexibility index (Phi) is 4.21. The molecule has 0 bridgehead atoms. The fourth-order valence-electron chi connectivity index (χ4n) is 4.15. The van der Waals surface area contributed by atoms with Crippen LogP contribution < -0.4 is 10.6 Å². The van der Waals surface area contributed by atoms with Gasteiger partial charge >= 0.3 is 0 Å². The lowest BCUT2D eigenvalue weighted by Crippen LogP contribution is -2.41. The summed E-state index contributed by atoms with van der Waals surface area (Å²) >= 11 is 5.25. The highest BCUT2D eigenvalue weighted by Gasteiger charge is 2.35. The third-order valence-corrected chi connectivity index (χ3v) is 5.72. The largest absolute Gasteiger partial charge is 0.389 e. The second-order valence-electron chi connectivity index (χ2n) is 6.93. The molecule has 21 heavy (non-hydrogen) atoms. The van der Waals surface area contributed by atoms with Gasteiger partial charge in [0.1, 0.15) is 4.99 Å². The fraction of sp³-hybridized carbons (Fsp3) is 0.611. The van der Waals surface area contributed by atoms with Gasteiger partial charge in [0.25, 0.3) is 0 Å². The van der Waals surface area contributed by atoms with Crippen LogP contribution in [-0.4, -0.2) is 18.1 Å². The van der Waals surface area contributed by atoms with Gasteiger partial charge in [0, 0.05) is 24.3 Å². The van der Waals surface area contributed by atoms with E-state index in [0.29, 0.717) is 10.4 Å². The van der Waals surface area contributed by atoms with Crippen LogP contribution in [0.3, 0.4) is 0 Å². The molecule has 3 heteroatoms. The lowest BCUT2D eigenvalue weighted by Gasteiger charge is -2.45. The first-order chi connectivity index (χ1) is 10.1. The van der Waals surface area contributed by atoms with Gasteiger partial charge in [-0.2, -0.15) is 0 Å². The summed E-state index contributed by atoms with van der Waals surface area (Å²) in [5, 5.41) is 0. The van der Waals surface area contributed by atoms with Crippen molar-refractivity contribution >= 4 is 22.9 Å². The molecule has 1 aliphatic carbocycles. The average Bonchev–Trinajstić information content (AvgIpc) is 2.49. The van der Waals surface area contributed by atoms with Crippen molar-refractivity contribution in [2.75, 3.05) is 18.0 Å². The van der Waals surface area contributed by atoms with Crippen LogP contribution in [0.1, 0.15) is 56.1 Å². The van der Waals surface area contributed by atoms with Gasteiger partial charge in [-0.25, -0.2) is 0 Å². The Labute approximate surface area is 133 Å². The molecule has 0 radical (unpaired) electrons. The van der Waals surface area contributed by atoms with Gasteiger partial charge in [-0.1, -0.05) is 43.1 Å². The number of hydrogen-bond donors (Lipinski definition) is 1. The van der Waals surface area contributed by atoms with Gasteiger partial charge in [-0.3, -0.25) is 0 Å². The van der Waals surface area contributed by atoms with Gasteiger partial charge in [-0.15, -0.1) is 0 Å². The maximum atomic E-state index is 5.93. The van der Waals surface area contributed by atoms with E-state index >= 15 is 0 Å². The maximum absolute atomic E-state index is 5.93. The summed E-state index contributed by atoms with van der Waals surface area (Å²) in [4.78, 5) is 3.01. The Bertz CT molecular complexity index is 522. The Morgan fingerprint density at radius 1 is 1.10 bits per heavy atom. The van der Waals surface area contributed by atoms with Gasteiger partial charge in [0.15, 0.2) is 0 Å². The quantitative estimate of drug-likeness (QED) is 0.831. The second-order valence-corrected chi connectivity index (χ2v) is 7.37. The van der Waals surface area contributed by atoms with Crippen LogP contribution >= 0.6 is 12.2 Å². The molecule has 3 rings (SSSR count). The summed E-state index contributed by atoms with van der Waals surface area (Å²) in [5.74, 6) is 0. The summed E-state index contributed by atoms with van der Waals surface area (Å²) in [6.45, 7) is 4.40. The Morgan fingerprint density at radius 2 is 1.76 bits per heavy atom. The predicted molar refractivity (Wildman–Crippen MR) is 94.0 cm³/mol. The van der Waals surface area contributed by atoms with Crippen LogP contribution in [0, 0.1) is 12.3 Å². The van der Waals surface area contributed by atoms with Crippen molar-refractivity contribution in [2.45, 2.75) is 51.9 Å². The monoisotopic (exact) mass is 302 g/mol. The molecule has 0 atom stereocenters. The number of rotatable bonds is 2. The van der Waals surface area contributed by atoms with E-state index in [2.05, 4.69) is 30.0 Å². The predicted octanol–water partition coefficient (Wildman–Crippen LogP) is 4.18. The van der Waals surface area contributed by atoms with E-state index < -0.39 is 0 Å². The average molecular weight is 302 g/mol. The molecular formula is C18H26N2S. The van der Waals surface area contributed by atoms with Crippen LogP contribution in [0.5, 0.6) is 0 Å². The Balaban J connectivity index is 1.76. The van der Waals surface area contributed by atoms with Crippen LogP contribution in [0.4, 0.5) is 5.69 Å². The van der Waals surface area contributed by atoms with Gasteiger partial charge in [-0.05, 0) is 50.2 Å². The number of piperidine rings is 1. The molecule has 1 heterocycles. The molecule has 1 aromatic rings.